The first-order valence-electron chi connectivity index (χ1n) is 8.62. The number of anilines is 2. The lowest BCUT2D eigenvalue weighted by Crippen LogP contribution is -2.11. The van der Waals surface area contributed by atoms with Crippen molar-refractivity contribution in [3.63, 3.8) is 0 Å². The number of rotatable bonds is 3. The topological polar surface area (TPSA) is 85.1 Å². The summed E-state index contributed by atoms with van der Waals surface area (Å²) in [6, 6.07) is 12.8. The first kappa shape index (κ1) is 16.5. The van der Waals surface area contributed by atoms with Crippen LogP contribution in [0.1, 0.15) is 5.56 Å². The van der Waals surface area contributed by atoms with Crippen LogP contribution in [-0.2, 0) is 0 Å². The summed E-state index contributed by atoms with van der Waals surface area (Å²) in [6.45, 7) is 2.03. The second-order valence-electron chi connectivity index (χ2n) is 6.27. The van der Waals surface area contributed by atoms with Gasteiger partial charge in [0.2, 0.25) is 5.95 Å². The molecule has 0 fully saturated rings. The zero-order chi connectivity index (χ0) is 19.1. The molecule has 0 aliphatic carbocycles. The normalized spacial score (nSPS) is 11.2. The quantitative estimate of drug-likeness (QED) is 0.507. The fraction of sp³-hybridized carbons (Fsp3) is 0.0500. The van der Waals surface area contributed by atoms with Crippen LogP contribution in [0.5, 0.6) is 0 Å². The smallest absolute Gasteiger partial charge is 0.293 e. The number of nitrogens with zero attached hydrogens (tertiary/aromatic N) is 5. The monoisotopic (exact) mass is 386 g/mol. The zero-order valence-corrected chi connectivity index (χ0v) is 15.6. The molecule has 0 radical (unpaired) electrons. The van der Waals surface area contributed by atoms with Crippen molar-refractivity contribution in [2.75, 3.05) is 5.32 Å². The molecule has 0 saturated heterocycles. The van der Waals surface area contributed by atoms with Gasteiger partial charge in [0.1, 0.15) is 5.69 Å². The maximum Gasteiger partial charge on any atom is 0.293 e. The molecule has 5 aromatic rings. The van der Waals surface area contributed by atoms with Crippen molar-refractivity contribution in [3.8, 4) is 11.4 Å². The van der Waals surface area contributed by atoms with Gasteiger partial charge in [-0.3, -0.25) is 4.79 Å². The molecule has 4 heterocycles. The van der Waals surface area contributed by atoms with Gasteiger partial charge in [0.25, 0.3) is 5.56 Å². The van der Waals surface area contributed by atoms with E-state index in [0.29, 0.717) is 23.1 Å². The van der Waals surface area contributed by atoms with Crippen LogP contribution < -0.4 is 10.9 Å². The maximum atomic E-state index is 12.2. The Morgan fingerprint density at radius 2 is 1.89 bits per heavy atom. The molecule has 0 amide bonds. The summed E-state index contributed by atoms with van der Waals surface area (Å²) in [6.07, 6.45) is 1.46. The van der Waals surface area contributed by atoms with Crippen LogP contribution in [0.25, 0.3) is 27.9 Å². The Balaban J connectivity index is 1.78. The number of aryl methyl sites for hydroxylation is 1. The lowest BCUT2D eigenvalue weighted by atomic mass is 10.2. The van der Waals surface area contributed by atoms with Crippen LogP contribution in [0.2, 0.25) is 0 Å². The van der Waals surface area contributed by atoms with E-state index in [9.17, 15) is 4.79 Å². The van der Waals surface area contributed by atoms with Crippen LogP contribution in [0.15, 0.2) is 64.2 Å². The van der Waals surface area contributed by atoms with Gasteiger partial charge < -0.3 is 5.32 Å². The van der Waals surface area contributed by atoms with Crippen molar-refractivity contribution in [1.82, 2.24) is 24.6 Å². The number of aromatic nitrogens is 5. The maximum absolute atomic E-state index is 12.2. The Labute approximate surface area is 163 Å². The molecule has 5 rings (SSSR count). The first-order valence-corrected chi connectivity index (χ1v) is 9.56. The van der Waals surface area contributed by atoms with E-state index in [2.05, 4.69) is 25.8 Å². The molecule has 136 valence electrons. The second-order valence-corrected chi connectivity index (χ2v) is 7.01. The summed E-state index contributed by atoms with van der Waals surface area (Å²) in [7, 11) is 0. The van der Waals surface area contributed by atoms with Crippen molar-refractivity contribution < 1.29 is 0 Å². The number of para-hydroxylation sites is 1. The predicted molar refractivity (Wildman–Crippen MR) is 110 cm³/mol. The second kappa shape index (κ2) is 6.50. The van der Waals surface area contributed by atoms with Gasteiger partial charge in [-0.1, -0.05) is 18.2 Å². The van der Waals surface area contributed by atoms with E-state index in [1.165, 1.54) is 6.20 Å². The fourth-order valence-electron chi connectivity index (χ4n) is 3.01. The molecule has 7 nitrogen and oxygen atoms in total. The highest BCUT2D eigenvalue weighted by Gasteiger charge is 2.16. The minimum absolute atomic E-state index is 0.317. The molecule has 0 spiro atoms. The number of hydrogen-bond acceptors (Lipinski definition) is 7. The Morgan fingerprint density at radius 3 is 2.75 bits per heavy atom. The van der Waals surface area contributed by atoms with Crippen molar-refractivity contribution in [2.24, 2.45) is 0 Å². The van der Waals surface area contributed by atoms with Crippen LogP contribution in [0, 0.1) is 6.92 Å². The molecular weight excluding hydrogens is 372 g/mol. The third-order valence-electron chi connectivity index (χ3n) is 4.40. The lowest BCUT2D eigenvalue weighted by Gasteiger charge is -2.07. The van der Waals surface area contributed by atoms with E-state index in [1.807, 2.05) is 36.6 Å². The van der Waals surface area contributed by atoms with Crippen LogP contribution in [0.4, 0.5) is 11.6 Å². The van der Waals surface area contributed by atoms with Gasteiger partial charge in [-0.15, -0.1) is 5.10 Å². The first-order chi connectivity index (χ1) is 13.7. The Hall–Kier alpha value is -3.65. The third-order valence-corrected chi connectivity index (χ3v) is 5.27. The number of thiophene rings is 1. The lowest BCUT2D eigenvalue weighted by molar-refractivity contribution is 0.947. The molecule has 1 aromatic carbocycles. The predicted octanol–water partition coefficient (Wildman–Crippen LogP) is 3.81. The van der Waals surface area contributed by atoms with Crippen molar-refractivity contribution >= 4 is 39.5 Å². The standard InChI is InChI=1S/C20H14N6OS/c1-12-10-28-11-14(12)17-24-18-13-6-2-3-7-15(13)22-20(26(18)25-17)23-16-8-4-5-9-21-19(16)27/h2-11H,1H3,(H,21,22,23,27). The fourth-order valence-corrected chi connectivity index (χ4v) is 3.84. The van der Waals surface area contributed by atoms with Gasteiger partial charge in [0.05, 0.1) is 5.52 Å². The van der Waals surface area contributed by atoms with Gasteiger partial charge in [0.15, 0.2) is 11.5 Å². The molecule has 4 aromatic heterocycles. The van der Waals surface area contributed by atoms with Crippen molar-refractivity contribution in [3.05, 3.63) is 75.3 Å². The Kier molecular flexibility index (Phi) is 3.84. The van der Waals surface area contributed by atoms with Crippen molar-refractivity contribution in [1.29, 1.82) is 0 Å². The summed E-state index contributed by atoms with van der Waals surface area (Å²) in [4.78, 5) is 25.5. The zero-order valence-electron chi connectivity index (χ0n) is 14.8. The van der Waals surface area contributed by atoms with Gasteiger partial charge >= 0.3 is 0 Å². The molecule has 0 bridgehead atoms. The third kappa shape index (κ3) is 2.71. The SMILES string of the molecule is Cc1cscc1-c1nc2c3ccccc3nc(Nc3ccccnc3=O)n2n1. The Bertz CT molecular complexity index is 1390. The molecule has 0 aliphatic heterocycles. The molecule has 8 heteroatoms. The van der Waals surface area contributed by atoms with E-state index >= 15 is 0 Å². The van der Waals surface area contributed by atoms with Gasteiger partial charge in [-0.25, -0.2) is 15.0 Å². The van der Waals surface area contributed by atoms with Crippen molar-refractivity contribution in [2.45, 2.75) is 6.92 Å². The van der Waals surface area contributed by atoms with Gasteiger partial charge in [0, 0.05) is 22.5 Å². The summed E-state index contributed by atoms with van der Waals surface area (Å²) in [5, 5.41) is 12.7. The van der Waals surface area contributed by atoms with Gasteiger partial charge in [-0.05, 0) is 42.1 Å². The van der Waals surface area contributed by atoms with E-state index in [4.69, 9.17) is 4.98 Å². The summed E-state index contributed by atoms with van der Waals surface area (Å²) in [5.41, 5.74) is 3.49. The molecule has 1 N–H and O–H groups in total. The highest BCUT2D eigenvalue weighted by Crippen LogP contribution is 2.28. The van der Waals surface area contributed by atoms with Crippen LogP contribution in [0.3, 0.4) is 0 Å². The molecule has 0 atom stereocenters. The molecule has 0 saturated carbocycles. The summed E-state index contributed by atoms with van der Waals surface area (Å²) >= 11 is 1.61. The van der Waals surface area contributed by atoms with Crippen LogP contribution in [-0.4, -0.2) is 24.6 Å². The van der Waals surface area contributed by atoms with E-state index in [1.54, 1.807) is 34.1 Å². The minimum Gasteiger partial charge on any atom is -0.319 e. The largest absolute Gasteiger partial charge is 0.319 e. The average molecular weight is 386 g/mol. The number of benzene rings is 1. The van der Waals surface area contributed by atoms with E-state index in [-0.39, 0.29) is 5.56 Å². The summed E-state index contributed by atoms with van der Waals surface area (Å²) in [5.74, 6) is 1.03. The highest BCUT2D eigenvalue weighted by molar-refractivity contribution is 7.08. The van der Waals surface area contributed by atoms with E-state index < -0.39 is 0 Å². The molecule has 0 unspecified atom stereocenters. The van der Waals surface area contributed by atoms with E-state index in [0.717, 1.165) is 22.0 Å². The molecule has 28 heavy (non-hydrogen) atoms. The highest BCUT2D eigenvalue weighted by atomic mass is 32.1. The van der Waals surface area contributed by atoms with Gasteiger partial charge in [-0.2, -0.15) is 15.9 Å². The number of nitrogens with one attached hydrogen (secondary N) is 1. The molecule has 0 aliphatic rings. The average Bonchev–Trinajstić information content (AvgIpc) is 3.27. The molecular formula is C20H14N6OS. The number of fused-ring (bicyclic) bond motifs is 3. The Morgan fingerprint density at radius 1 is 1.04 bits per heavy atom. The summed E-state index contributed by atoms with van der Waals surface area (Å²) < 4.78 is 1.64. The van der Waals surface area contributed by atoms with Crippen LogP contribution >= 0.6 is 11.3 Å². The minimum atomic E-state index is -0.373. The number of hydrogen-bond donors (Lipinski definition) is 1.